The van der Waals surface area contributed by atoms with Crippen LogP contribution < -0.4 is 5.32 Å². The second-order valence-corrected chi connectivity index (χ2v) is 7.66. The molecule has 0 spiro atoms. The molecule has 0 aromatic heterocycles. The molecule has 1 fully saturated rings. The van der Waals surface area contributed by atoms with Crippen LogP contribution in [0.25, 0.3) is 0 Å². The molecule has 0 amide bonds. The maximum Gasteiger partial charge on any atom is 0.216 e. The number of nitrogens with zero attached hydrogens (tertiary/aromatic N) is 1. The fourth-order valence-corrected chi connectivity index (χ4v) is 3.78. The summed E-state index contributed by atoms with van der Waals surface area (Å²) >= 11 is 0. The molecule has 0 aliphatic carbocycles. The Hall–Kier alpha value is -0.170. The molecule has 1 aliphatic heterocycles. The monoisotopic (exact) mass is 292 g/mol. The predicted octanol–water partition coefficient (Wildman–Crippen LogP) is 1.06. The van der Waals surface area contributed by atoms with E-state index in [1.54, 1.807) is 4.31 Å². The fraction of sp³-hybridized carbons (Fsp3) is 1.00. The maximum atomic E-state index is 12.2. The first-order valence-electron chi connectivity index (χ1n) is 7.13. The zero-order valence-electron chi connectivity index (χ0n) is 12.6. The number of piperidine rings is 1. The molecule has 1 heterocycles. The minimum atomic E-state index is -3.17. The Bertz CT molecular complexity index is 357. The summed E-state index contributed by atoms with van der Waals surface area (Å²) in [4.78, 5) is 0. The molecule has 1 rings (SSSR count). The molecule has 2 unspecified atom stereocenters. The molecule has 19 heavy (non-hydrogen) atoms. The second kappa shape index (κ2) is 7.57. The van der Waals surface area contributed by atoms with Crippen LogP contribution >= 0.6 is 0 Å². The van der Waals surface area contributed by atoms with Crippen molar-refractivity contribution >= 4 is 10.0 Å². The van der Waals surface area contributed by atoms with Gasteiger partial charge in [-0.05, 0) is 46.6 Å². The quantitative estimate of drug-likeness (QED) is 0.762. The Kier molecular flexibility index (Phi) is 6.73. The van der Waals surface area contributed by atoms with Crippen LogP contribution in [0.3, 0.4) is 0 Å². The van der Waals surface area contributed by atoms with Crippen molar-refractivity contribution in [2.24, 2.45) is 5.92 Å². The molecule has 6 heteroatoms. The van der Waals surface area contributed by atoms with Gasteiger partial charge < -0.3 is 10.1 Å². The highest BCUT2D eigenvalue weighted by molar-refractivity contribution is 7.89. The highest BCUT2D eigenvalue weighted by Crippen LogP contribution is 2.22. The third kappa shape index (κ3) is 5.38. The molecule has 0 aromatic rings. The lowest BCUT2D eigenvalue weighted by atomic mass is 9.93. The van der Waals surface area contributed by atoms with Crippen molar-refractivity contribution in [3.05, 3.63) is 0 Å². The van der Waals surface area contributed by atoms with E-state index in [9.17, 15) is 8.42 Å². The Morgan fingerprint density at radius 2 is 2.05 bits per heavy atom. The molecule has 0 bridgehead atoms. The topological polar surface area (TPSA) is 58.6 Å². The first-order chi connectivity index (χ1) is 8.86. The van der Waals surface area contributed by atoms with Crippen LogP contribution in [-0.4, -0.2) is 57.4 Å². The highest BCUT2D eigenvalue weighted by atomic mass is 32.2. The molecule has 0 aromatic carbocycles. The summed E-state index contributed by atoms with van der Waals surface area (Å²) in [6.07, 6.45) is 2.12. The molecular weight excluding hydrogens is 264 g/mol. The van der Waals surface area contributed by atoms with Crippen molar-refractivity contribution in [2.75, 3.05) is 32.5 Å². The van der Waals surface area contributed by atoms with Gasteiger partial charge in [-0.15, -0.1) is 0 Å². The zero-order chi connectivity index (χ0) is 14.5. The summed E-state index contributed by atoms with van der Waals surface area (Å²) in [5, 5.41) is 3.22. The molecule has 2 atom stereocenters. The van der Waals surface area contributed by atoms with E-state index in [1.807, 2.05) is 20.9 Å². The van der Waals surface area contributed by atoms with E-state index in [1.165, 1.54) is 0 Å². The van der Waals surface area contributed by atoms with E-state index in [0.29, 0.717) is 25.0 Å². The van der Waals surface area contributed by atoms with Crippen molar-refractivity contribution in [1.82, 2.24) is 9.62 Å². The van der Waals surface area contributed by atoms with Gasteiger partial charge in [0.2, 0.25) is 10.0 Å². The van der Waals surface area contributed by atoms with Crippen molar-refractivity contribution in [3.63, 3.8) is 0 Å². The molecular formula is C13H28N2O3S. The van der Waals surface area contributed by atoms with Gasteiger partial charge in [0.15, 0.2) is 0 Å². The number of hydrogen-bond acceptors (Lipinski definition) is 4. The molecule has 114 valence electrons. The van der Waals surface area contributed by atoms with Gasteiger partial charge in [0.1, 0.15) is 0 Å². The van der Waals surface area contributed by atoms with E-state index in [-0.39, 0.29) is 18.5 Å². The predicted molar refractivity (Wildman–Crippen MR) is 77.7 cm³/mol. The zero-order valence-corrected chi connectivity index (χ0v) is 13.4. The van der Waals surface area contributed by atoms with Crippen LogP contribution in [0.4, 0.5) is 0 Å². The lowest BCUT2D eigenvalue weighted by Crippen LogP contribution is -2.46. The normalized spacial score (nSPS) is 23.7. The van der Waals surface area contributed by atoms with Gasteiger partial charge >= 0.3 is 0 Å². The van der Waals surface area contributed by atoms with E-state index >= 15 is 0 Å². The SMILES string of the molecule is CNC(C)C1CCCN(S(=O)(=O)CCOC(C)C)C1. The summed E-state index contributed by atoms with van der Waals surface area (Å²) in [5.41, 5.74) is 0. The molecule has 1 saturated heterocycles. The fourth-order valence-electron chi connectivity index (χ4n) is 2.39. The van der Waals surface area contributed by atoms with Crippen LogP contribution in [0.15, 0.2) is 0 Å². The van der Waals surface area contributed by atoms with Crippen molar-refractivity contribution in [3.8, 4) is 0 Å². The average Bonchev–Trinajstić information content (AvgIpc) is 2.37. The number of sulfonamides is 1. The molecule has 0 saturated carbocycles. The van der Waals surface area contributed by atoms with Gasteiger partial charge in [0.05, 0.1) is 18.5 Å². The number of ether oxygens (including phenoxy) is 1. The first-order valence-corrected chi connectivity index (χ1v) is 8.74. The van der Waals surface area contributed by atoms with Crippen LogP contribution in [0.1, 0.15) is 33.6 Å². The van der Waals surface area contributed by atoms with Crippen LogP contribution in [-0.2, 0) is 14.8 Å². The van der Waals surface area contributed by atoms with E-state index < -0.39 is 10.0 Å². The smallest absolute Gasteiger partial charge is 0.216 e. The minimum Gasteiger partial charge on any atom is -0.378 e. The standard InChI is InChI=1S/C13H28N2O3S/c1-11(2)18-8-9-19(16,17)15-7-5-6-13(10-15)12(3)14-4/h11-14H,5-10H2,1-4H3. The third-order valence-electron chi connectivity index (χ3n) is 3.77. The van der Waals surface area contributed by atoms with Crippen molar-refractivity contribution in [1.29, 1.82) is 0 Å². The Balaban J connectivity index is 2.53. The summed E-state index contributed by atoms with van der Waals surface area (Å²) in [6, 6.07) is 0.352. The van der Waals surface area contributed by atoms with Crippen LogP contribution in [0, 0.1) is 5.92 Å². The molecule has 1 aliphatic rings. The van der Waals surface area contributed by atoms with Gasteiger partial charge in [0.25, 0.3) is 0 Å². The number of hydrogen-bond donors (Lipinski definition) is 1. The Morgan fingerprint density at radius 1 is 1.37 bits per heavy atom. The van der Waals surface area contributed by atoms with Gasteiger partial charge in [-0.3, -0.25) is 0 Å². The largest absolute Gasteiger partial charge is 0.378 e. The van der Waals surface area contributed by atoms with Gasteiger partial charge in [-0.1, -0.05) is 0 Å². The van der Waals surface area contributed by atoms with Gasteiger partial charge in [-0.25, -0.2) is 12.7 Å². The Labute approximate surface area is 117 Å². The molecule has 5 nitrogen and oxygen atoms in total. The maximum absolute atomic E-state index is 12.2. The van der Waals surface area contributed by atoms with Gasteiger partial charge in [-0.2, -0.15) is 0 Å². The van der Waals surface area contributed by atoms with E-state index in [0.717, 1.165) is 12.8 Å². The lowest BCUT2D eigenvalue weighted by Gasteiger charge is -2.35. The van der Waals surface area contributed by atoms with E-state index in [4.69, 9.17) is 4.74 Å². The second-order valence-electron chi connectivity index (χ2n) is 5.57. The third-order valence-corrected chi connectivity index (χ3v) is 5.57. The number of rotatable bonds is 7. The van der Waals surface area contributed by atoms with E-state index in [2.05, 4.69) is 12.2 Å². The average molecular weight is 292 g/mol. The van der Waals surface area contributed by atoms with Crippen molar-refractivity contribution < 1.29 is 13.2 Å². The summed E-state index contributed by atoms with van der Waals surface area (Å²) in [6.45, 7) is 7.50. The van der Waals surface area contributed by atoms with Gasteiger partial charge in [0, 0.05) is 19.1 Å². The number of nitrogens with one attached hydrogen (secondary N) is 1. The Morgan fingerprint density at radius 3 is 2.63 bits per heavy atom. The lowest BCUT2D eigenvalue weighted by molar-refractivity contribution is 0.0903. The summed E-state index contributed by atoms with van der Waals surface area (Å²) in [7, 11) is -1.25. The summed E-state index contributed by atoms with van der Waals surface area (Å²) < 4.78 is 31.5. The minimum absolute atomic E-state index is 0.0774. The highest BCUT2D eigenvalue weighted by Gasteiger charge is 2.30. The first kappa shape index (κ1) is 16.9. The summed E-state index contributed by atoms with van der Waals surface area (Å²) in [5.74, 6) is 0.491. The molecule has 0 radical (unpaired) electrons. The van der Waals surface area contributed by atoms with Crippen LogP contribution in [0.5, 0.6) is 0 Å². The van der Waals surface area contributed by atoms with Crippen LogP contribution in [0.2, 0.25) is 0 Å². The molecule has 1 N–H and O–H groups in total. The van der Waals surface area contributed by atoms with Crippen molar-refractivity contribution in [2.45, 2.75) is 45.8 Å².